The van der Waals surface area contributed by atoms with E-state index in [1.54, 1.807) is 65.1 Å². The molecule has 8 aliphatic rings. The number of nitrogens with zero attached hydrogens (tertiary/aromatic N) is 2. The maximum Gasteiger partial charge on any atom is 0.344 e. The largest absolute Gasteiger partial charge is 0.497 e. The second kappa shape index (κ2) is 25.4. The first kappa shape index (κ1) is 67.9. The Labute approximate surface area is 536 Å². The van der Waals surface area contributed by atoms with Gasteiger partial charge in [-0.25, -0.2) is 9.59 Å². The van der Waals surface area contributed by atoms with Gasteiger partial charge in [0.25, 0.3) is 0 Å². The Kier molecular flexibility index (Phi) is 18.9. The SMILES string of the molecule is CC[C@]12C=CCN3CC[C@@]4(c5ccc(OC)cc5N(C)[C@H]4[C@@](O)(C(=O)OC)[C@@H]1OC(=O)CCCCCCCCC(=O)OC1C[C@@]4(O)[C@@H](OC(=O)c5ccccc5)[C@@H]5[C@]6(OC(C)=O)CO[C@@H]6C[C@H](O[Si](CC)(CC)CC)[C@@]5(C)C(=O)[C@H](OC(C)=O)C(=C1C)C4(C)C)[C@@H]32. The summed E-state index contributed by atoms with van der Waals surface area (Å²) < 4.78 is 56.9. The highest BCUT2D eigenvalue weighted by molar-refractivity contribution is 6.73. The minimum absolute atomic E-state index is 0.00908. The average Bonchev–Trinajstić information content (AvgIpc) is 1.60. The molecule has 498 valence electrons. The molecule has 0 aromatic heterocycles. The van der Waals surface area contributed by atoms with E-state index >= 15 is 4.79 Å². The third kappa shape index (κ3) is 10.6. The van der Waals surface area contributed by atoms with Crippen molar-refractivity contribution in [2.24, 2.45) is 22.2 Å². The lowest BCUT2D eigenvalue weighted by Crippen LogP contribution is -2.82. The number of fused-ring (bicyclic) bond motifs is 6. The van der Waals surface area contributed by atoms with Crippen LogP contribution < -0.4 is 9.64 Å². The quantitative estimate of drug-likeness (QED) is 0.0346. The van der Waals surface area contributed by atoms with Gasteiger partial charge in [-0.2, -0.15) is 0 Å². The first-order chi connectivity index (χ1) is 43.2. The molecule has 4 aliphatic carbocycles. The number of carbonyl (C=O) groups is 7. The third-order valence-electron chi connectivity index (χ3n) is 23.3. The van der Waals surface area contributed by atoms with E-state index < -0.39 is 137 Å². The molecule has 4 heterocycles. The molecule has 91 heavy (non-hydrogen) atoms. The number of aliphatic hydroxyl groups is 2. The molecule has 15 atom stereocenters. The molecule has 3 saturated carbocycles. The van der Waals surface area contributed by atoms with E-state index in [0.29, 0.717) is 74.5 Å². The van der Waals surface area contributed by atoms with Crippen LogP contribution >= 0.6 is 0 Å². The number of rotatable bonds is 23. The van der Waals surface area contributed by atoms with Gasteiger partial charge in [-0.1, -0.05) is 104 Å². The van der Waals surface area contributed by atoms with Gasteiger partial charge in [-0.05, 0) is 99.1 Å². The number of ketones is 1. The van der Waals surface area contributed by atoms with E-state index in [9.17, 15) is 39.0 Å². The van der Waals surface area contributed by atoms with Crippen molar-refractivity contribution in [2.45, 2.75) is 235 Å². The Morgan fingerprint density at radius 3 is 2.03 bits per heavy atom. The molecule has 2 aromatic rings. The van der Waals surface area contributed by atoms with E-state index in [-0.39, 0.29) is 49.5 Å². The summed E-state index contributed by atoms with van der Waals surface area (Å²) in [5.41, 5.74) is -8.49. The first-order valence-corrected chi connectivity index (χ1v) is 35.6. The lowest BCUT2D eigenvalue weighted by molar-refractivity contribution is -0.344. The number of anilines is 1. The minimum Gasteiger partial charge on any atom is -0.497 e. The summed E-state index contributed by atoms with van der Waals surface area (Å²) in [6.45, 7) is 18.7. The highest BCUT2D eigenvalue weighted by atomic mass is 28.4. The van der Waals surface area contributed by atoms with Crippen LogP contribution in [0.3, 0.4) is 0 Å². The van der Waals surface area contributed by atoms with E-state index in [1.807, 2.05) is 37.1 Å². The number of hydrogen-bond acceptors (Lipinski definition) is 20. The molecule has 4 aliphatic heterocycles. The summed E-state index contributed by atoms with van der Waals surface area (Å²) in [5.74, 6) is -5.57. The maximum absolute atomic E-state index is 16.4. The smallest absolute Gasteiger partial charge is 0.344 e. The maximum atomic E-state index is 16.4. The summed E-state index contributed by atoms with van der Waals surface area (Å²) in [6, 6.07) is 15.3. The van der Waals surface area contributed by atoms with Crippen LogP contribution in [0, 0.1) is 22.2 Å². The van der Waals surface area contributed by atoms with Gasteiger partial charge < -0.3 is 57.4 Å². The minimum atomic E-state index is -2.62. The molecule has 2 saturated heterocycles. The van der Waals surface area contributed by atoms with Crippen molar-refractivity contribution in [1.82, 2.24) is 4.90 Å². The number of carbonyl (C=O) groups excluding carboxylic acids is 7. The second-order valence-corrected chi connectivity index (χ2v) is 32.6. The van der Waals surface area contributed by atoms with Gasteiger partial charge in [0.05, 0.1) is 49.9 Å². The topological polar surface area (TPSA) is 249 Å². The summed E-state index contributed by atoms with van der Waals surface area (Å²) in [7, 11) is 2.10. The van der Waals surface area contributed by atoms with E-state index in [4.69, 9.17) is 42.3 Å². The molecule has 2 N–H and O–H groups in total. The molecular formula is C70H96N2O18Si. The number of likely N-dealkylation sites (N-methyl/N-ethyl adjacent to an activating group) is 1. The third-order valence-corrected chi connectivity index (χ3v) is 28.0. The zero-order chi connectivity index (χ0) is 66.0. The summed E-state index contributed by atoms with van der Waals surface area (Å²) in [6.07, 6.45) is 1.15. The van der Waals surface area contributed by atoms with Crippen LogP contribution in [-0.2, 0) is 71.8 Å². The Morgan fingerprint density at radius 1 is 0.802 bits per heavy atom. The number of methoxy groups -OCH3 is 2. The van der Waals surface area contributed by atoms with Crippen molar-refractivity contribution in [3.8, 4) is 5.75 Å². The van der Waals surface area contributed by atoms with E-state index in [0.717, 1.165) is 30.6 Å². The molecule has 0 amide bonds. The fourth-order valence-electron chi connectivity index (χ4n) is 18.6. The van der Waals surface area contributed by atoms with Gasteiger partial charge in [0.15, 0.2) is 31.9 Å². The standard InChI is InChI=1S/C70H96N2O18Si/c1-14-66-34-27-36-72-37-35-67(60(66)72)47-33-32-46(82-12)38-48(47)71(11)61(67)70(81,63(79)83-13)62(66)87-53(76)31-26-21-19-18-20-25-30-52(75)86-49-40-69(80)58(88-59(78)45-28-23-22-24-29-45)56-65(10,57(77)55(85-43(6)73)54(42(49)5)64(69,8)9)50(90-91(15-2,16-3)17-4)39-51-68(56,41-84-51)89-44(7)74/h22-24,27-29,32-34,38,49-51,55-56,58,60-62,80-81H,14-21,25-26,30-31,35-37,39-41H2,1-13H3/t49?,50-,51+,55+,56-,58-,60-,61+,62+,65+,66+,67+,68-,69+,70-/m0/s1. The van der Waals surface area contributed by atoms with Gasteiger partial charge in [0.1, 0.15) is 29.7 Å². The van der Waals surface area contributed by atoms with Crippen LogP contribution in [0.5, 0.6) is 5.75 Å². The van der Waals surface area contributed by atoms with Crippen LogP contribution in [0.25, 0.3) is 0 Å². The van der Waals surface area contributed by atoms with Crippen LogP contribution in [0.15, 0.2) is 71.8 Å². The highest BCUT2D eigenvalue weighted by Crippen LogP contribution is 2.69. The molecule has 10 rings (SSSR count). The molecule has 1 spiro atoms. The van der Waals surface area contributed by atoms with Crippen molar-refractivity contribution in [3.05, 3.63) is 83.0 Å². The molecule has 21 heteroatoms. The Hall–Kier alpha value is -5.97. The van der Waals surface area contributed by atoms with Gasteiger partial charge in [-0.15, -0.1) is 0 Å². The Balaban J connectivity index is 0.855. The number of ether oxygens (including phenoxy) is 8. The molecule has 0 radical (unpaired) electrons. The average molecular weight is 1280 g/mol. The molecular weight excluding hydrogens is 1180 g/mol. The molecule has 2 aromatic carbocycles. The highest BCUT2D eigenvalue weighted by Gasteiger charge is 2.82. The number of benzene rings is 2. The van der Waals surface area contributed by atoms with Crippen molar-refractivity contribution in [3.63, 3.8) is 0 Å². The number of esters is 6. The second-order valence-electron chi connectivity index (χ2n) is 27.8. The normalized spacial score (nSPS) is 35.0. The van der Waals surface area contributed by atoms with Crippen LogP contribution in [0.2, 0.25) is 18.1 Å². The predicted molar refractivity (Wildman–Crippen MR) is 337 cm³/mol. The fourth-order valence-corrected chi connectivity index (χ4v) is 21.6. The van der Waals surface area contributed by atoms with Gasteiger partial charge in [-0.3, -0.25) is 28.9 Å². The van der Waals surface area contributed by atoms with Gasteiger partial charge in [0, 0.05) is 87.2 Å². The number of hydrogen-bond donors (Lipinski definition) is 2. The lowest BCUT2D eigenvalue weighted by atomic mass is 9.44. The van der Waals surface area contributed by atoms with E-state index in [1.165, 1.54) is 21.0 Å². The zero-order valence-corrected chi connectivity index (χ0v) is 56.5. The van der Waals surface area contributed by atoms with E-state index in [2.05, 4.69) is 37.8 Å². The predicted octanol–water partition coefficient (Wildman–Crippen LogP) is 8.99. The van der Waals surface area contributed by atoms with Crippen LogP contribution in [-0.4, -0.2) is 172 Å². The summed E-state index contributed by atoms with van der Waals surface area (Å²) >= 11 is 0. The molecule has 5 fully saturated rings. The van der Waals surface area contributed by atoms with Crippen molar-refractivity contribution in [2.75, 3.05) is 45.9 Å². The number of unbranched alkanes of at least 4 members (excludes halogenated alkanes) is 5. The van der Waals surface area contributed by atoms with Gasteiger partial charge >= 0.3 is 35.8 Å². The summed E-state index contributed by atoms with van der Waals surface area (Å²) in [4.78, 5) is 105. The first-order valence-electron chi connectivity index (χ1n) is 33.1. The Bertz CT molecular complexity index is 3210. The monoisotopic (exact) mass is 1280 g/mol. The van der Waals surface area contributed by atoms with Gasteiger partial charge in [0.2, 0.25) is 5.60 Å². The van der Waals surface area contributed by atoms with Crippen molar-refractivity contribution in [1.29, 1.82) is 0 Å². The fraction of sp³-hybridized carbons (Fsp3) is 0.671. The van der Waals surface area contributed by atoms with Crippen molar-refractivity contribution >= 4 is 55.6 Å². The van der Waals surface area contributed by atoms with Crippen LogP contribution in [0.4, 0.5) is 5.69 Å². The lowest BCUT2D eigenvalue weighted by Gasteiger charge is -2.68. The summed E-state index contributed by atoms with van der Waals surface area (Å²) in [5, 5.41) is 27.4. The van der Waals surface area contributed by atoms with Crippen LogP contribution in [0.1, 0.15) is 162 Å². The molecule has 2 bridgehead atoms. The zero-order valence-electron chi connectivity index (χ0n) is 55.5. The Morgan fingerprint density at radius 2 is 1.45 bits per heavy atom. The van der Waals surface area contributed by atoms with Crippen molar-refractivity contribution < 1.29 is 86.1 Å². The molecule has 20 nitrogen and oxygen atoms in total. The molecule has 1 unspecified atom stereocenters. The number of Topliss-reactive ketones (excluding diaryl/α,β-unsaturated/α-hetero) is 1.